The number of ether oxygens (including phenoxy) is 2. The average molecular weight is 264 g/mol. The monoisotopic (exact) mass is 264 g/mol. The van der Waals surface area contributed by atoms with Gasteiger partial charge in [-0.15, -0.1) is 0 Å². The fraction of sp³-hybridized carbons (Fsp3) is 0.417. The van der Waals surface area contributed by atoms with Crippen LogP contribution in [-0.4, -0.2) is 34.3 Å². The number of anilines is 1. The minimum absolute atomic E-state index is 0.166. The largest absolute Gasteiger partial charge is 0.478 e. The zero-order valence-electron chi connectivity index (χ0n) is 10.9. The SMILES string of the molecule is CCCCOc1cc2c(C(=O)OC)cnn2c(N)n1. The van der Waals surface area contributed by atoms with E-state index in [1.165, 1.54) is 17.8 Å². The highest BCUT2D eigenvalue weighted by molar-refractivity contribution is 5.97. The number of fused-ring (bicyclic) bond motifs is 1. The lowest BCUT2D eigenvalue weighted by atomic mass is 10.3. The predicted molar refractivity (Wildman–Crippen MR) is 69.1 cm³/mol. The van der Waals surface area contributed by atoms with Crippen LogP contribution in [0.3, 0.4) is 0 Å². The summed E-state index contributed by atoms with van der Waals surface area (Å²) >= 11 is 0. The highest BCUT2D eigenvalue weighted by Crippen LogP contribution is 2.19. The Kier molecular flexibility index (Phi) is 3.84. The van der Waals surface area contributed by atoms with Crippen LogP contribution in [0.2, 0.25) is 0 Å². The molecule has 19 heavy (non-hydrogen) atoms. The molecule has 0 fully saturated rings. The second-order valence-electron chi connectivity index (χ2n) is 4.00. The summed E-state index contributed by atoms with van der Waals surface area (Å²) in [5.41, 5.74) is 6.62. The van der Waals surface area contributed by atoms with Gasteiger partial charge in [-0.25, -0.2) is 4.79 Å². The van der Waals surface area contributed by atoms with Crippen molar-refractivity contribution in [1.29, 1.82) is 0 Å². The van der Waals surface area contributed by atoms with Crippen LogP contribution in [0.5, 0.6) is 5.88 Å². The van der Waals surface area contributed by atoms with Gasteiger partial charge in [0.15, 0.2) is 0 Å². The maximum Gasteiger partial charge on any atom is 0.341 e. The summed E-state index contributed by atoms with van der Waals surface area (Å²) in [6.45, 7) is 2.63. The summed E-state index contributed by atoms with van der Waals surface area (Å²) in [4.78, 5) is 15.7. The number of hydrogen-bond donors (Lipinski definition) is 1. The second-order valence-corrected chi connectivity index (χ2v) is 4.00. The van der Waals surface area contributed by atoms with Gasteiger partial charge in [0.25, 0.3) is 0 Å². The smallest absolute Gasteiger partial charge is 0.341 e. The lowest BCUT2D eigenvalue weighted by molar-refractivity contribution is 0.0603. The molecule has 2 aromatic heterocycles. The number of methoxy groups -OCH3 is 1. The summed E-state index contributed by atoms with van der Waals surface area (Å²) in [7, 11) is 1.31. The normalized spacial score (nSPS) is 10.6. The van der Waals surface area contributed by atoms with E-state index in [-0.39, 0.29) is 5.95 Å². The van der Waals surface area contributed by atoms with Crippen LogP contribution in [0.25, 0.3) is 5.52 Å². The van der Waals surface area contributed by atoms with Crippen LogP contribution < -0.4 is 10.5 Å². The summed E-state index contributed by atoms with van der Waals surface area (Å²) in [5.74, 6) is 0.0726. The van der Waals surface area contributed by atoms with Crippen molar-refractivity contribution in [2.75, 3.05) is 19.5 Å². The fourth-order valence-corrected chi connectivity index (χ4v) is 1.65. The molecule has 0 unspecified atom stereocenters. The predicted octanol–water partition coefficient (Wildman–Crippen LogP) is 1.28. The number of nitrogens with zero attached hydrogens (tertiary/aromatic N) is 3. The Morgan fingerprint density at radius 3 is 3.00 bits per heavy atom. The van der Waals surface area contributed by atoms with Gasteiger partial charge in [-0.05, 0) is 6.42 Å². The summed E-state index contributed by atoms with van der Waals surface area (Å²) in [6, 6.07) is 1.63. The first-order valence-corrected chi connectivity index (χ1v) is 6.02. The van der Waals surface area contributed by atoms with Crippen molar-refractivity contribution in [2.24, 2.45) is 0 Å². The van der Waals surface area contributed by atoms with Gasteiger partial charge in [0.1, 0.15) is 5.56 Å². The first kappa shape index (κ1) is 13.1. The quantitative estimate of drug-likeness (QED) is 0.646. The molecule has 0 amide bonds. The molecule has 0 aliphatic rings. The number of carbonyl (C=O) groups excluding carboxylic acids is 1. The van der Waals surface area contributed by atoms with Crippen molar-refractivity contribution in [3.8, 4) is 5.88 Å². The molecular weight excluding hydrogens is 248 g/mol. The molecule has 2 N–H and O–H groups in total. The van der Waals surface area contributed by atoms with Gasteiger partial charge in [0, 0.05) is 6.07 Å². The molecule has 0 atom stereocenters. The van der Waals surface area contributed by atoms with Crippen molar-refractivity contribution in [2.45, 2.75) is 19.8 Å². The molecule has 0 saturated heterocycles. The maximum absolute atomic E-state index is 11.6. The number of esters is 1. The zero-order valence-corrected chi connectivity index (χ0v) is 10.9. The molecule has 7 heteroatoms. The third kappa shape index (κ3) is 2.59. The van der Waals surface area contributed by atoms with Crippen LogP contribution in [-0.2, 0) is 4.74 Å². The molecule has 0 aliphatic carbocycles. The van der Waals surface area contributed by atoms with E-state index in [1.54, 1.807) is 6.07 Å². The van der Waals surface area contributed by atoms with E-state index < -0.39 is 5.97 Å². The summed E-state index contributed by atoms with van der Waals surface area (Å²) in [6.07, 6.45) is 3.35. The molecular formula is C12H16N4O3. The van der Waals surface area contributed by atoms with Crippen LogP contribution in [0.4, 0.5) is 5.95 Å². The van der Waals surface area contributed by atoms with E-state index in [0.29, 0.717) is 23.6 Å². The van der Waals surface area contributed by atoms with Crippen LogP contribution in [0, 0.1) is 0 Å². The second kappa shape index (κ2) is 5.55. The topological polar surface area (TPSA) is 91.7 Å². The molecule has 0 bridgehead atoms. The van der Waals surface area contributed by atoms with Crippen molar-refractivity contribution < 1.29 is 14.3 Å². The Morgan fingerprint density at radius 2 is 2.32 bits per heavy atom. The Morgan fingerprint density at radius 1 is 1.53 bits per heavy atom. The molecule has 7 nitrogen and oxygen atoms in total. The maximum atomic E-state index is 11.6. The first-order chi connectivity index (χ1) is 9.17. The number of rotatable bonds is 5. The van der Waals surface area contributed by atoms with Gasteiger partial charge in [0.05, 0.1) is 25.4 Å². The molecule has 0 aromatic carbocycles. The van der Waals surface area contributed by atoms with Crippen LogP contribution in [0.1, 0.15) is 30.1 Å². The number of nitrogen functional groups attached to an aromatic ring is 1. The molecule has 2 rings (SSSR count). The number of carbonyl (C=O) groups is 1. The third-order valence-electron chi connectivity index (χ3n) is 2.66. The zero-order chi connectivity index (χ0) is 13.8. The summed E-state index contributed by atoms with van der Waals surface area (Å²) in [5, 5.41) is 4.00. The van der Waals surface area contributed by atoms with Gasteiger partial charge in [-0.2, -0.15) is 14.6 Å². The van der Waals surface area contributed by atoms with E-state index in [2.05, 4.69) is 21.7 Å². The van der Waals surface area contributed by atoms with Gasteiger partial charge >= 0.3 is 5.97 Å². The number of hydrogen-bond acceptors (Lipinski definition) is 6. The molecule has 0 spiro atoms. The third-order valence-corrected chi connectivity index (χ3v) is 2.66. The van der Waals surface area contributed by atoms with Crippen molar-refractivity contribution in [3.63, 3.8) is 0 Å². The van der Waals surface area contributed by atoms with Crippen molar-refractivity contribution >= 4 is 17.4 Å². The average Bonchev–Trinajstić information content (AvgIpc) is 2.82. The van der Waals surface area contributed by atoms with E-state index in [4.69, 9.17) is 10.5 Å². The number of unbranched alkanes of at least 4 members (excludes halogenated alkanes) is 1. The van der Waals surface area contributed by atoms with E-state index in [1.807, 2.05) is 0 Å². The van der Waals surface area contributed by atoms with Crippen LogP contribution in [0.15, 0.2) is 12.3 Å². The van der Waals surface area contributed by atoms with E-state index in [0.717, 1.165) is 12.8 Å². The van der Waals surface area contributed by atoms with Gasteiger partial charge < -0.3 is 15.2 Å². The Balaban J connectivity index is 2.38. The van der Waals surface area contributed by atoms with Gasteiger partial charge in [-0.3, -0.25) is 0 Å². The standard InChI is InChI=1S/C12H16N4O3/c1-3-4-5-19-10-6-9-8(11(17)18-2)7-14-16(9)12(13)15-10/h6-7H,3-5H2,1-2H3,(H2,13,15). The Labute approximate surface area is 110 Å². The minimum atomic E-state index is -0.472. The van der Waals surface area contributed by atoms with Gasteiger partial charge in [-0.1, -0.05) is 13.3 Å². The van der Waals surface area contributed by atoms with E-state index in [9.17, 15) is 4.79 Å². The van der Waals surface area contributed by atoms with Crippen molar-refractivity contribution in [3.05, 3.63) is 17.8 Å². The lowest BCUT2D eigenvalue weighted by Crippen LogP contribution is -2.07. The molecule has 102 valence electrons. The highest BCUT2D eigenvalue weighted by atomic mass is 16.5. The Hall–Kier alpha value is -2.31. The molecule has 0 saturated carbocycles. The van der Waals surface area contributed by atoms with Crippen LogP contribution >= 0.6 is 0 Å². The fourth-order valence-electron chi connectivity index (χ4n) is 1.65. The highest BCUT2D eigenvalue weighted by Gasteiger charge is 2.16. The Bertz CT molecular complexity index is 594. The minimum Gasteiger partial charge on any atom is -0.478 e. The van der Waals surface area contributed by atoms with Crippen molar-refractivity contribution in [1.82, 2.24) is 14.6 Å². The van der Waals surface area contributed by atoms with Gasteiger partial charge in [0.2, 0.25) is 11.8 Å². The molecule has 0 radical (unpaired) electrons. The first-order valence-electron chi connectivity index (χ1n) is 6.02. The number of aromatic nitrogens is 3. The molecule has 2 aromatic rings. The number of nitrogens with two attached hydrogens (primary N) is 1. The van der Waals surface area contributed by atoms with E-state index >= 15 is 0 Å². The molecule has 0 aliphatic heterocycles. The lowest BCUT2D eigenvalue weighted by Gasteiger charge is -2.06. The summed E-state index contributed by atoms with van der Waals surface area (Å²) < 4.78 is 11.5. The molecule has 2 heterocycles.